The second kappa shape index (κ2) is 16.3. The number of hydrogen-bond donors (Lipinski definition) is 4. The lowest BCUT2D eigenvalue weighted by Gasteiger charge is -2.28. The number of nitrogens with zero attached hydrogens (tertiary/aromatic N) is 4. The van der Waals surface area contributed by atoms with E-state index < -0.39 is 24.3 Å². The highest BCUT2D eigenvalue weighted by atomic mass is 16.6. The lowest BCUT2D eigenvalue weighted by molar-refractivity contribution is -0.143. The number of benzene rings is 2. The number of ether oxygens (including phenoxy) is 3. The van der Waals surface area contributed by atoms with Gasteiger partial charge < -0.3 is 45.0 Å². The van der Waals surface area contributed by atoms with Crippen molar-refractivity contribution in [2.75, 3.05) is 27.3 Å². The van der Waals surface area contributed by atoms with Crippen molar-refractivity contribution in [2.24, 2.45) is 5.73 Å². The van der Waals surface area contributed by atoms with E-state index in [0.29, 0.717) is 24.7 Å². The van der Waals surface area contributed by atoms with Crippen LogP contribution in [0, 0.1) is 0 Å². The number of H-pyrrole nitrogens is 2. The molecule has 0 radical (unpaired) electrons. The average molecular weight is 727 g/mol. The lowest BCUT2D eigenvalue weighted by atomic mass is 10.0. The summed E-state index contributed by atoms with van der Waals surface area (Å²) in [5.74, 6) is 0.887. The molecule has 2 aliphatic rings. The van der Waals surface area contributed by atoms with Gasteiger partial charge in [0.2, 0.25) is 5.91 Å². The molecule has 5 N–H and O–H groups in total. The van der Waals surface area contributed by atoms with E-state index in [4.69, 9.17) is 15.2 Å². The first kappa shape index (κ1) is 37.1. The number of nitrogens with two attached hydrogens (primary N) is 1. The third-order valence-corrected chi connectivity index (χ3v) is 9.99. The minimum absolute atomic E-state index is 0.179. The predicted octanol–water partition coefficient (Wildman–Crippen LogP) is 5.09. The first-order valence-corrected chi connectivity index (χ1v) is 17.8. The Balaban J connectivity index is 1.10. The van der Waals surface area contributed by atoms with Crippen LogP contribution < -0.4 is 11.1 Å². The van der Waals surface area contributed by atoms with Gasteiger partial charge in [-0.1, -0.05) is 48.5 Å². The third kappa shape index (κ3) is 8.35. The van der Waals surface area contributed by atoms with E-state index in [-0.39, 0.29) is 36.4 Å². The van der Waals surface area contributed by atoms with Crippen LogP contribution in [0.4, 0.5) is 9.59 Å². The summed E-state index contributed by atoms with van der Waals surface area (Å²) >= 11 is 0. The molecule has 15 heteroatoms. The van der Waals surface area contributed by atoms with Gasteiger partial charge >= 0.3 is 12.2 Å². The van der Waals surface area contributed by atoms with E-state index in [1.54, 1.807) is 36.0 Å². The fourth-order valence-corrected chi connectivity index (χ4v) is 7.09. The van der Waals surface area contributed by atoms with Crippen molar-refractivity contribution in [3.63, 3.8) is 0 Å². The maximum Gasteiger partial charge on any atom is 0.407 e. The van der Waals surface area contributed by atoms with E-state index in [2.05, 4.69) is 54.3 Å². The van der Waals surface area contributed by atoms with Crippen LogP contribution in [0.1, 0.15) is 69.7 Å². The number of amides is 4. The lowest BCUT2D eigenvalue weighted by Crippen LogP contribution is -2.46. The van der Waals surface area contributed by atoms with Gasteiger partial charge in [-0.15, -0.1) is 0 Å². The topological polar surface area (TPSA) is 198 Å². The summed E-state index contributed by atoms with van der Waals surface area (Å²) in [6.45, 7) is 4.56. The van der Waals surface area contributed by atoms with Crippen molar-refractivity contribution in [1.82, 2.24) is 35.1 Å². The van der Waals surface area contributed by atoms with Crippen LogP contribution in [0.15, 0.2) is 60.9 Å². The molecule has 6 rings (SSSR count). The molecule has 2 aliphatic heterocycles. The first-order chi connectivity index (χ1) is 25.6. The van der Waals surface area contributed by atoms with Gasteiger partial charge in [0, 0.05) is 26.6 Å². The van der Waals surface area contributed by atoms with Crippen LogP contribution in [-0.2, 0) is 23.8 Å². The van der Waals surface area contributed by atoms with Gasteiger partial charge in [0.05, 0.1) is 49.1 Å². The molecular formula is C38H46N8O7. The number of alkyl carbamates (subject to hydrolysis) is 1. The minimum Gasteiger partial charge on any atom is -0.453 e. The molecule has 0 spiro atoms. The number of carbonyl (C=O) groups excluding carboxylic acids is 4. The molecule has 4 heterocycles. The van der Waals surface area contributed by atoms with Crippen molar-refractivity contribution in [3.05, 3.63) is 72.6 Å². The number of nitrogens with one attached hydrogen (secondary N) is 3. The Morgan fingerprint density at radius 1 is 0.792 bits per heavy atom. The highest BCUT2D eigenvalue weighted by Gasteiger charge is 2.38. The van der Waals surface area contributed by atoms with Crippen LogP contribution >= 0.6 is 0 Å². The fraction of sp³-hybridized carbons (Fsp3) is 0.421. The SMILES string of the molecule is COC(=O)N[C@@H](C)C(=O)N1CCC[C@H]1c1ncc(-c2ccc(-c3ccc(-c4cnc([C@@H]5CCCN5C(=O)[C@H](CC(C)OC)OC(N)=O)[nH]4)cc3)cc2)[nH]1. The van der Waals surface area contributed by atoms with Crippen molar-refractivity contribution < 1.29 is 33.4 Å². The second-order valence-corrected chi connectivity index (χ2v) is 13.5. The number of rotatable bonds is 12. The van der Waals surface area contributed by atoms with E-state index in [0.717, 1.165) is 59.3 Å². The van der Waals surface area contributed by atoms with Gasteiger partial charge in [-0.2, -0.15) is 0 Å². The van der Waals surface area contributed by atoms with Crippen LogP contribution in [-0.4, -0.2) is 99.3 Å². The Kier molecular flexibility index (Phi) is 11.4. The van der Waals surface area contributed by atoms with Crippen LogP contribution in [0.3, 0.4) is 0 Å². The molecule has 2 aromatic heterocycles. The minimum atomic E-state index is -1.04. The standard InChI is InChI=1S/C38H46N8O7/c1-22(51-3)19-32(53-37(39)49)36(48)46-18-6-8-31(46)34-41-21-29(44-34)27-15-11-25(12-16-27)24-9-13-26(14-10-24)28-20-40-33(43-28)30-7-5-17-45(30)35(47)23(2)42-38(50)52-4/h9-16,20-23,30-32H,5-8,17-19H2,1-4H3,(H2,39,49)(H,40,43)(H,41,44)(H,42,50)/t22?,23-,30-,31-,32-/m0/s1. The Bertz CT molecular complexity index is 1910. The van der Waals surface area contributed by atoms with Crippen LogP contribution in [0.25, 0.3) is 33.6 Å². The summed E-state index contributed by atoms with van der Waals surface area (Å²) < 4.78 is 15.1. The monoisotopic (exact) mass is 726 g/mol. The van der Waals surface area contributed by atoms with E-state index in [1.807, 2.05) is 24.3 Å². The summed E-state index contributed by atoms with van der Waals surface area (Å²) in [6.07, 6.45) is 3.91. The average Bonchev–Trinajstić information content (AvgIpc) is 4.00. The molecule has 280 valence electrons. The summed E-state index contributed by atoms with van der Waals surface area (Å²) in [5, 5.41) is 2.55. The molecule has 15 nitrogen and oxygen atoms in total. The van der Waals surface area contributed by atoms with Gasteiger partial charge in [-0.3, -0.25) is 9.59 Å². The number of imidazole rings is 2. The molecule has 53 heavy (non-hydrogen) atoms. The molecular weight excluding hydrogens is 680 g/mol. The van der Waals surface area contributed by atoms with E-state index >= 15 is 0 Å². The molecule has 4 amide bonds. The van der Waals surface area contributed by atoms with E-state index in [1.165, 1.54) is 14.2 Å². The molecule has 2 fully saturated rings. The second-order valence-electron chi connectivity index (χ2n) is 13.5. The number of hydrogen-bond acceptors (Lipinski definition) is 9. The zero-order valence-corrected chi connectivity index (χ0v) is 30.3. The van der Waals surface area contributed by atoms with Crippen molar-refractivity contribution >= 4 is 24.0 Å². The quantitative estimate of drug-likeness (QED) is 0.154. The van der Waals surface area contributed by atoms with Crippen molar-refractivity contribution in [1.29, 1.82) is 0 Å². The Labute approximate surface area is 307 Å². The van der Waals surface area contributed by atoms with Crippen LogP contribution in [0.5, 0.6) is 0 Å². The largest absolute Gasteiger partial charge is 0.453 e. The van der Waals surface area contributed by atoms with Crippen LogP contribution in [0.2, 0.25) is 0 Å². The predicted molar refractivity (Wildman–Crippen MR) is 195 cm³/mol. The smallest absolute Gasteiger partial charge is 0.407 e. The normalized spacial score (nSPS) is 18.7. The number of likely N-dealkylation sites (tertiary alicyclic amines) is 2. The molecule has 0 bridgehead atoms. The van der Waals surface area contributed by atoms with Crippen molar-refractivity contribution in [2.45, 2.75) is 76.3 Å². The van der Waals surface area contributed by atoms with Gasteiger partial charge in [-0.25, -0.2) is 19.6 Å². The molecule has 2 saturated heterocycles. The summed E-state index contributed by atoms with van der Waals surface area (Å²) in [6, 6.07) is 15.1. The molecule has 2 aromatic carbocycles. The molecule has 0 aliphatic carbocycles. The summed E-state index contributed by atoms with van der Waals surface area (Å²) in [4.78, 5) is 69.3. The van der Waals surface area contributed by atoms with Crippen molar-refractivity contribution in [3.8, 4) is 33.6 Å². The number of methoxy groups -OCH3 is 2. The maximum atomic E-state index is 13.5. The molecule has 4 aromatic rings. The Hall–Kier alpha value is -5.70. The van der Waals surface area contributed by atoms with Gasteiger partial charge in [0.1, 0.15) is 17.7 Å². The zero-order valence-electron chi connectivity index (χ0n) is 30.3. The number of carbonyl (C=O) groups is 4. The highest BCUT2D eigenvalue weighted by molar-refractivity contribution is 5.86. The molecule has 5 atom stereocenters. The van der Waals surface area contributed by atoms with Gasteiger partial charge in [0.15, 0.2) is 6.10 Å². The summed E-state index contributed by atoms with van der Waals surface area (Å²) in [7, 11) is 2.80. The summed E-state index contributed by atoms with van der Waals surface area (Å²) in [5.41, 5.74) is 10.9. The zero-order chi connectivity index (χ0) is 37.6. The number of aromatic amines is 2. The third-order valence-electron chi connectivity index (χ3n) is 9.99. The molecule has 0 saturated carbocycles. The Morgan fingerprint density at radius 2 is 1.26 bits per heavy atom. The van der Waals surface area contributed by atoms with Gasteiger partial charge in [-0.05, 0) is 61.8 Å². The maximum absolute atomic E-state index is 13.5. The number of primary amides is 1. The van der Waals surface area contributed by atoms with E-state index in [9.17, 15) is 19.2 Å². The highest BCUT2D eigenvalue weighted by Crippen LogP contribution is 2.35. The first-order valence-electron chi connectivity index (χ1n) is 17.8. The Morgan fingerprint density at radius 3 is 1.72 bits per heavy atom. The fourth-order valence-electron chi connectivity index (χ4n) is 7.09. The van der Waals surface area contributed by atoms with Gasteiger partial charge in [0.25, 0.3) is 5.91 Å². The molecule has 1 unspecified atom stereocenters. The number of aromatic nitrogens is 4.